The standard InChI is InChI=1S/C23H26N2O5/c26-21(22(27)28)24-13-7-1-2-8-14-25-23(29)30-15-20-18-11-5-3-9-16(18)17-10-4-6-12-19(17)20/h3-6,9-12,20H,1-2,7-8,13-15H2,(H,24,26)(H,25,29)(H,27,28). The third-order valence-electron chi connectivity index (χ3n) is 5.20. The highest BCUT2D eigenvalue weighted by Crippen LogP contribution is 2.44. The molecule has 0 saturated carbocycles. The lowest BCUT2D eigenvalue weighted by Gasteiger charge is -2.14. The number of carbonyl (C=O) groups is 3. The minimum absolute atomic E-state index is 0.0455. The number of carboxylic acids is 1. The highest BCUT2D eigenvalue weighted by Gasteiger charge is 2.28. The second-order valence-corrected chi connectivity index (χ2v) is 7.23. The van der Waals surface area contributed by atoms with E-state index in [1.54, 1.807) is 0 Å². The van der Waals surface area contributed by atoms with Crippen molar-refractivity contribution in [1.29, 1.82) is 0 Å². The van der Waals surface area contributed by atoms with Gasteiger partial charge in [-0.25, -0.2) is 9.59 Å². The fourth-order valence-electron chi connectivity index (χ4n) is 3.72. The van der Waals surface area contributed by atoms with Crippen molar-refractivity contribution in [3.8, 4) is 11.1 Å². The molecule has 7 heteroatoms. The average molecular weight is 410 g/mol. The number of carboxylic acid groups (broad SMARTS) is 1. The maximum atomic E-state index is 12.1. The SMILES string of the molecule is O=C(NCCCCCCNC(=O)C(=O)O)OCC1c2ccccc2-c2ccccc21. The molecular formula is C23H26N2O5. The van der Waals surface area contributed by atoms with Crippen LogP contribution in [0.3, 0.4) is 0 Å². The zero-order chi connectivity index (χ0) is 21.3. The molecule has 0 spiro atoms. The first-order chi connectivity index (χ1) is 14.6. The molecule has 1 aliphatic rings. The lowest BCUT2D eigenvalue weighted by Crippen LogP contribution is -2.31. The molecule has 30 heavy (non-hydrogen) atoms. The Kier molecular flexibility index (Phi) is 7.43. The van der Waals surface area contributed by atoms with Crippen LogP contribution in [0.5, 0.6) is 0 Å². The minimum atomic E-state index is -1.47. The Morgan fingerprint density at radius 1 is 0.800 bits per heavy atom. The van der Waals surface area contributed by atoms with Crippen molar-refractivity contribution in [3.05, 3.63) is 59.7 Å². The van der Waals surface area contributed by atoms with E-state index in [0.717, 1.165) is 19.3 Å². The van der Waals surface area contributed by atoms with Gasteiger partial charge in [-0.2, -0.15) is 0 Å². The molecule has 0 heterocycles. The van der Waals surface area contributed by atoms with Crippen LogP contribution in [0.1, 0.15) is 42.7 Å². The summed E-state index contributed by atoms with van der Waals surface area (Å²) >= 11 is 0. The van der Waals surface area contributed by atoms with Crippen molar-refractivity contribution in [2.24, 2.45) is 0 Å². The topological polar surface area (TPSA) is 105 Å². The Morgan fingerprint density at radius 2 is 1.33 bits per heavy atom. The van der Waals surface area contributed by atoms with Crippen LogP contribution in [0.25, 0.3) is 11.1 Å². The van der Waals surface area contributed by atoms with Gasteiger partial charge < -0.3 is 20.5 Å². The summed E-state index contributed by atoms with van der Waals surface area (Å²) in [5.41, 5.74) is 4.76. The number of nitrogens with one attached hydrogen (secondary N) is 2. The molecule has 1 aliphatic carbocycles. The third kappa shape index (κ3) is 5.37. The first kappa shape index (κ1) is 21.4. The number of rotatable bonds is 9. The van der Waals surface area contributed by atoms with Gasteiger partial charge in [-0.15, -0.1) is 0 Å². The number of benzene rings is 2. The third-order valence-corrected chi connectivity index (χ3v) is 5.20. The van der Waals surface area contributed by atoms with Crippen LogP contribution in [0.15, 0.2) is 48.5 Å². The molecule has 7 nitrogen and oxygen atoms in total. The van der Waals surface area contributed by atoms with Crippen LogP contribution >= 0.6 is 0 Å². The summed E-state index contributed by atoms with van der Waals surface area (Å²) in [5, 5.41) is 13.5. The van der Waals surface area contributed by atoms with E-state index in [0.29, 0.717) is 26.1 Å². The maximum absolute atomic E-state index is 12.1. The van der Waals surface area contributed by atoms with Gasteiger partial charge in [0.25, 0.3) is 0 Å². The minimum Gasteiger partial charge on any atom is -0.474 e. The lowest BCUT2D eigenvalue weighted by molar-refractivity contribution is -0.150. The Morgan fingerprint density at radius 3 is 1.90 bits per heavy atom. The van der Waals surface area contributed by atoms with Gasteiger partial charge in [0.05, 0.1) is 0 Å². The monoisotopic (exact) mass is 410 g/mol. The highest BCUT2D eigenvalue weighted by molar-refractivity contribution is 6.31. The predicted molar refractivity (Wildman–Crippen MR) is 112 cm³/mol. The van der Waals surface area contributed by atoms with E-state index in [1.165, 1.54) is 22.3 Å². The van der Waals surface area contributed by atoms with Crippen LogP contribution < -0.4 is 10.6 Å². The molecular weight excluding hydrogens is 384 g/mol. The molecule has 0 unspecified atom stereocenters. The molecule has 0 bridgehead atoms. The molecule has 3 N–H and O–H groups in total. The van der Waals surface area contributed by atoms with Crippen molar-refractivity contribution >= 4 is 18.0 Å². The number of amides is 2. The average Bonchev–Trinajstić information content (AvgIpc) is 3.07. The number of alkyl carbamates (subject to hydrolysis) is 1. The molecule has 0 aromatic heterocycles. The first-order valence-electron chi connectivity index (χ1n) is 10.2. The van der Waals surface area contributed by atoms with Crippen molar-refractivity contribution in [3.63, 3.8) is 0 Å². The second-order valence-electron chi connectivity index (χ2n) is 7.23. The molecule has 0 radical (unpaired) electrons. The molecule has 158 valence electrons. The fourth-order valence-corrected chi connectivity index (χ4v) is 3.72. The van der Waals surface area contributed by atoms with E-state index in [-0.39, 0.29) is 5.92 Å². The van der Waals surface area contributed by atoms with Gasteiger partial charge >= 0.3 is 18.0 Å². The molecule has 0 atom stereocenters. The van der Waals surface area contributed by atoms with Gasteiger partial charge in [-0.3, -0.25) is 4.79 Å². The predicted octanol–water partition coefficient (Wildman–Crippen LogP) is 3.29. The summed E-state index contributed by atoms with van der Waals surface area (Å²) in [5.74, 6) is -2.40. The van der Waals surface area contributed by atoms with Crippen molar-refractivity contribution in [2.75, 3.05) is 19.7 Å². The van der Waals surface area contributed by atoms with Gasteiger partial charge in [-0.05, 0) is 35.1 Å². The van der Waals surface area contributed by atoms with Crippen LogP contribution in [0, 0.1) is 0 Å². The molecule has 2 amide bonds. The lowest BCUT2D eigenvalue weighted by atomic mass is 9.98. The second kappa shape index (κ2) is 10.4. The van der Waals surface area contributed by atoms with E-state index >= 15 is 0 Å². The molecule has 0 saturated heterocycles. The van der Waals surface area contributed by atoms with E-state index in [2.05, 4.69) is 34.9 Å². The number of carbonyl (C=O) groups excluding carboxylic acids is 2. The van der Waals surface area contributed by atoms with Gasteiger partial charge in [0.15, 0.2) is 0 Å². The molecule has 2 aromatic carbocycles. The fraction of sp³-hybridized carbons (Fsp3) is 0.348. The van der Waals surface area contributed by atoms with Crippen LogP contribution in [0.4, 0.5) is 4.79 Å². The smallest absolute Gasteiger partial charge is 0.407 e. The van der Waals surface area contributed by atoms with E-state index < -0.39 is 18.0 Å². The first-order valence-corrected chi connectivity index (χ1v) is 10.2. The van der Waals surface area contributed by atoms with Crippen molar-refractivity contribution in [2.45, 2.75) is 31.6 Å². The Labute approximate surface area is 175 Å². The summed E-state index contributed by atoms with van der Waals surface area (Å²) in [6, 6.07) is 16.4. The van der Waals surface area contributed by atoms with Crippen molar-refractivity contribution < 1.29 is 24.2 Å². The normalized spacial score (nSPS) is 12.0. The highest BCUT2D eigenvalue weighted by atomic mass is 16.5. The van der Waals surface area contributed by atoms with E-state index in [4.69, 9.17) is 9.84 Å². The van der Waals surface area contributed by atoms with Gasteiger partial charge in [-0.1, -0.05) is 61.4 Å². The van der Waals surface area contributed by atoms with Crippen LogP contribution in [0.2, 0.25) is 0 Å². The summed E-state index contributed by atoms with van der Waals surface area (Å²) in [4.78, 5) is 33.3. The number of aliphatic carboxylic acids is 1. The number of hydrogen-bond donors (Lipinski definition) is 3. The summed E-state index contributed by atoms with van der Waals surface area (Å²) < 4.78 is 5.48. The number of ether oxygens (including phenoxy) is 1. The van der Waals surface area contributed by atoms with Gasteiger partial charge in [0, 0.05) is 19.0 Å². The zero-order valence-corrected chi connectivity index (χ0v) is 16.7. The Bertz CT molecular complexity index is 866. The Hall–Kier alpha value is -3.35. The maximum Gasteiger partial charge on any atom is 0.407 e. The number of hydrogen-bond acceptors (Lipinski definition) is 4. The zero-order valence-electron chi connectivity index (χ0n) is 16.7. The quantitative estimate of drug-likeness (QED) is 0.435. The van der Waals surface area contributed by atoms with Crippen LogP contribution in [-0.4, -0.2) is 42.8 Å². The molecule has 3 rings (SSSR count). The summed E-state index contributed by atoms with van der Waals surface area (Å²) in [6.45, 7) is 1.15. The molecule has 0 fully saturated rings. The number of unbranched alkanes of at least 4 members (excludes halogenated alkanes) is 3. The Balaban J connectivity index is 1.34. The largest absolute Gasteiger partial charge is 0.474 e. The summed E-state index contributed by atoms with van der Waals surface area (Å²) in [7, 11) is 0. The number of fused-ring (bicyclic) bond motifs is 3. The van der Waals surface area contributed by atoms with Crippen LogP contribution in [-0.2, 0) is 14.3 Å². The molecule has 0 aliphatic heterocycles. The molecule has 2 aromatic rings. The van der Waals surface area contributed by atoms with E-state index in [9.17, 15) is 14.4 Å². The van der Waals surface area contributed by atoms with E-state index in [1.807, 2.05) is 24.3 Å². The summed E-state index contributed by atoms with van der Waals surface area (Å²) in [6.07, 6.45) is 2.77. The van der Waals surface area contributed by atoms with Gasteiger partial charge in [0.2, 0.25) is 0 Å². The van der Waals surface area contributed by atoms with Gasteiger partial charge in [0.1, 0.15) is 6.61 Å². The van der Waals surface area contributed by atoms with Crippen molar-refractivity contribution in [1.82, 2.24) is 10.6 Å².